The smallest absolute Gasteiger partial charge is 0.328 e. The van der Waals surface area contributed by atoms with Gasteiger partial charge in [-0.15, -0.1) is 0 Å². The molecule has 108 valence electrons. The van der Waals surface area contributed by atoms with Crippen molar-refractivity contribution >= 4 is 28.0 Å². The van der Waals surface area contributed by atoms with E-state index in [1.54, 1.807) is 6.07 Å². The molecule has 0 aromatic heterocycles. The van der Waals surface area contributed by atoms with Crippen molar-refractivity contribution in [2.45, 2.75) is 17.9 Å². The number of carboxylic acids is 1. The van der Waals surface area contributed by atoms with Crippen LogP contribution in [0.1, 0.15) is 12.5 Å². The minimum absolute atomic E-state index is 0.0851. The summed E-state index contributed by atoms with van der Waals surface area (Å²) in [6.07, 6.45) is 2.16. The Balaban J connectivity index is 3.04. The van der Waals surface area contributed by atoms with Crippen molar-refractivity contribution in [3.63, 3.8) is 0 Å². The van der Waals surface area contributed by atoms with E-state index in [-0.39, 0.29) is 4.90 Å². The predicted molar refractivity (Wildman–Crippen MR) is 72.1 cm³/mol. The molecular formula is C12H14N2O5S. The number of primary amides is 1. The van der Waals surface area contributed by atoms with Gasteiger partial charge >= 0.3 is 5.97 Å². The second-order valence-electron chi connectivity index (χ2n) is 3.99. The van der Waals surface area contributed by atoms with Crippen LogP contribution in [0.5, 0.6) is 0 Å². The van der Waals surface area contributed by atoms with E-state index in [4.69, 9.17) is 10.8 Å². The number of hydrogen-bond acceptors (Lipinski definition) is 4. The van der Waals surface area contributed by atoms with E-state index in [0.717, 1.165) is 6.08 Å². The van der Waals surface area contributed by atoms with E-state index < -0.39 is 27.9 Å². The van der Waals surface area contributed by atoms with Crippen LogP contribution in [0.4, 0.5) is 0 Å². The zero-order valence-electron chi connectivity index (χ0n) is 10.6. The van der Waals surface area contributed by atoms with Gasteiger partial charge in [-0.3, -0.25) is 4.79 Å². The van der Waals surface area contributed by atoms with Gasteiger partial charge in [0, 0.05) is 6.08 Å². The van der Waals surface area contributed by atoms with Crippen LogP contribution >= 0.6 is 0 Å². The van der Waals surface area contributed by atoms with Gasteiger partial charge < -0.3 is 10.8 Å². The number of carbonyl (C=O) groups excluding carboxylic acids is 1. The molecule has 0 spiro atoms. The number of rotatable bonds is 6. The number of carboxylic acid groups (broad SMARTS) is 1. The van der Waals surface area contributed by atoms with Crippen molar-refractivity contribution in [1.82, 2.24) is 4.72 Å². The number of sulfonamides is 1. The molecule has 7 nitrogen and oxygen atoms in total. The Morgan fingerprint density at radius 3 is 2.60 bits per heavy atom. The summed E-state index contributed by atoms with van der Waals surface area (Å²) in [5.41, 5.74) is 5.39. The van der Waals surface area contributed by atoms with Gasteiger partial charge in [0.1, 0.15) is 0 Å². The fourth-order valence-corrected chi connectivity index (χ4v) is 2.58. The van der Waals surface area contributed by atoms with Crippen LogP contribution in [0.3, 0.4) is 0 Å². The van der Waals surface area contributed by atoms with Crippen LogP contribution in [0.2, 0.25) is 0 Å². The zero-order chi connectivity index (χ0) is 15.3. The first-order chi connectivity index (χ1) is 9.22. The molecule has 0 aliphatic rings. The summed E-state index contributed by atoms with van der Waals surface area (Å²) >= 11 is 0. The third-order valence-corrected chi connectivity index (χ3v) is 3.88. The predicted octanol–water partition coefficient (Wildman–Crippen LogP) is -0.0635. The second kappa shape index (κ2) is 6.31. The van der Waals surface area contributed by atoms with Crippen molar-refractivity contribution < 1.29 is 23.1 Å². The lowest BCUT2D eigenvalue weighted by atomic mass is 10.2. The maximum absolute atomic E-state index is 12.0. The van der Waals surface area contributed by atoms with Gasteiger partial charge in [-0.1, -0.05) is 12.1 Å². The molecule has 1 atom stereocenters. The minimum atomic E-state index is -3.90. The van der Waals surface area contributed by atoms with Crippen LogP contribution in [0.15, 0.2) is 35.2 Å². The van der Waals surface area contributed by atoms with Crippen LogP contribution in [0.25, 0.3) is 6.08 Å². The van der Waals surface area contributed by atoms with Crippen LogP contribution in [0, 0.1) is 0 Å². The van der Waals surface area contributed by atoms with Crippen molar-refractivity contribution in [3.8, 4) is 0 Å². The molecule has 0 aliphatic carbocycles. The highest BCUT2D eigenvalue weighted by Gasteiger charge is 2.20. The summed E-state index contributed by atoms with van der Waals surface area (Å²) in [5, 5.41) is 8.52. The van der Waals surface area contributed by atoms with Gasteiger partial charge in [0.2, 0.25) is 15.9 Å². The van der Waals surface area contributed by atoms with Crippen LogP contribution in [-0.4, -0.2) is 31.4 Å². The molecule has 0 saturated heterocycles. The summed E-state index contributed by atoms with van der Waals surface area (Å²) in [6.45, 7) is 1.33. The molecule has 1 amide bonds. The summed E-state index contributed by atoms with van der Waals surface area (Å²) in [7, 11) is -3.90. The summed E-state index contributed by atoms with van der Waals surface area (Å²) < 4.78 is 26.1. The number of nitrogens with two attached hydrogens (primary N) is 1. The Kier molecular flexibility index (Phi) is 5.00. The van der Waals surface area contributed by atoms with Gasteiger partial charge in [-0.25, -0.2) is 13.2 Å². The quantitative estimate of drug-likeness (QED) is 0.634. The Hall–Kier alpha value is -2.19. The molecule has 1 aromatic carbocycles. The number of carbonyl (C=O) groups is 2. The molecule has 0 saturated carbocycles. The van der Waals surface area contributed by atoms with E-state index in [1.807, 2.05) is 0 Å². The van der Waals surface area contributed by atoms with E-state index in [0.29, 0.717) is 5.56 Å². The molecule has 0 fully saturated rings. The van der Waals surface area contributed by atoms with E-state index in [2.05, 4.69) is 4.72 Å². The van der Waals surface area contributed by atoms with Crippen LogP contribution < -0.4 is 10.5 Å². The van der Waals surface area contributed by atoms with E-state index in [9.17, 15) is 18.0 Å². The largest absolute Gasteiger partial charge is 0.478 e. The van der Waals surface area contributed by atoms with Gasteiger partial charge in [0.25, 0.3) is 0 Å². The Morgan fingerprint density at radius 2 is 2.05 bits per heavy atom. The first kappa shape index (κ1) is 15.9. The topological polar surface area (TPSA) is 127 Å². The fourth-order valence-electron chi connectivity index (χ4n) is 1.31. The van der Waals surface area contributed by atoms with Crippen molar-refractivity contribution in [3.05, 3.63) is 35.9 Å². The molecule has 0 radical (unpaired) electrons. The van der Waals surface area contributed by atoms with Gasteiger partial charge in [0.15, 0.2) is 0 Å². The second-order valence-corrected chi connectivity index (χ2v) is 5.70. The Bertz CT molecular complexity index is 652. The number of nitrogens with one attached hydrogen (secondary N) is 1. The minimum Gasteiger partial charge on any atom is -0.478 e. The summed E-state index contributed by atoms with van der Waals surface area (Å²) in [6, 6.07) is 4.59. The van der Waals surface area contributed by atoms with Crippen molar-refractivity contribution in [2.24, 2.45) is 5.73 Å². The van der Waals surface area contributed by atoms with Gasteiger partial charge in [-0.05, 0) is 30.7 Å². The lowest BCUT2D eigenvalue weighted by Gasteiger charge is -2.11. The van der Waals surface area contributed by atoms with E-state index in [1.165, 1.54) is 31.2 Å². The van der Waals surface area contributed by atoms with Gasteiger partial charge in [-0.2, -0.15) is 4.72 Å². The molecule has 1 rings (SSSR count). The van der Waals surface area contributed by atoms with Gasteiger partial charge in [0.05, 0.1) is 10.9 Å². The lowest BCUT2D eigenvalue weighted by molar-refractivity contribution is -0.131. The summed E-state index contributed by atoms with van der Waals surface area (Å²) in [4.78, 5) is 21.2. The Labute approximate surface area is 116 Å². The molecule has 0 aliphatic heterocycles. The zero-order valence-corrected chi connectivity index (χ0v) is 11.4. The average Bonchev–Trinajstić information content (AvgIpc) is 2.36. The number of benzene rings is 1. The molecule has 20 heavy (non-hydrogen) atoms. The third kappa shape index (κ3) is 4.48. The van der Waals surface area contributed by atoms with E-state index >= 15 is 0 Å². The van der Waals surface area contributed by atoms with Crippen molar-refractivity contribution in [2.75, 3.05) is 0 Å². The standard InChI is InChI=1S/C12H14N2O5S/c1-8(12(13)17)14-20(18,19)10-4-2-3-9(7-10)5-6-11(15)16/h2-8,14H,1H3,(H2,13,17)(H,15,16). The maximum Gasteiger partial charge on any atom is 0.328 e. The molecule has 4 N–H and O–H groups in total. The first-order valence-corrected chi connectivity index (χ1v) is 7.03. The highest BCUT2D eigenvalue weighted by atomic mass is 32.2. The SMILES string of the molecule is CC(NS(=O)(=O)c1cccc(C=CC(=O)O)c1)C(N)=O. The number of aliphatic carboxylic acids is 1. The Morgan fingerprint density at radius 1 is 1.40 bits per heavy atom. The van der Waals surface area contributed by atoms with Crippen molar-refractivity contribution in [1.29, 1.82) is 0 Å². The first-order valence-electron chi connectivity index (χ1n) is 5.55. The molecule has 8 heteroatoms. The lowest BCUT2D eigenvalue weighted by Crippen LogP contribution is -2.42. The molecule has 1 unspecified atom stereocenters. The number of hydrogen-bond donors (Lipinski definition) is 3. The van der Waals surface area contributed by atoms with Crippen LogP contribution in [-0.2, 0) is 19.6 Å². The molecule has 0 heterocycles. The maximum atomic E-state index is 12.0. The highest BCUT2D eigenvalue weighted by molar-refractivity contribution is 7.89. The average molecular weight is 298 g/mol. The highest BCUT2D eigenvalue weighted by Crippen LogP contribution is 2.13. The molecule has 1 aromatic rings. The monoisotopic (exact) mass is 298 g/mol. The fraction of sp³-hybridized carbons (Fsp3) is 0.167. The molecule has 0 bridgehead atoms. The molecular weight excluding hydrogens is 284 g/mol. The third-order valence-electron chi connectivity index (χ3n) is 2.35. The summed E-state index contributed by atoms with van der Waals surface area (Å²) in [5.74, 6) is -1.94. The number of amides is 1. The normalized spacial score (nSPS) is 13.2.